The number of carboxylic acid groups (broad SMARTS) is 1. The Kier molecular flexibility index (Phi) is 6.50. The highest BCUT2D eigenvalue weighted by Crippen LogP contribution is 2.42. The normalized spacial score (nSPS) is 10.8. The number of hydrogen-bond acceptors (Lipinski definition) is 7. The van der Waals surface area contributed by atoms with Gasteiger partial charge in [0.05, 0.1) is 12.2 Å². The van der Waals surface area contributed by atoms with Gasteiger partial charge in [0.15, 0.2) is 12.0 Å². The molecule has 9 heteroatoms. The molecule has 4 rings (SSSR count). The number of benzene rings is 3. The maximum Gasteiger partial charge on any atom is 0.341 e. The summed E-state index contributed by atoms with van der Waals surface area (Å²) >= 11 is 0. The number of hydrogen-bond donors (Lipinski definition) is 2. The third kappa shape index (κ3) is 4.98. The van der Waals surface area contributed by atoms with E-state index in [1.165, 1.54) is 31.2 Å². The molecule has 35 heavy (non-hydrogen) atoms. The molecule has 0 unspecified atom stereocenters. The number of nitrogens with one attached hydrogen (secondary N) is 1. The summed E-state index contributed by atoms with van der Waals surface area (Å²) in [5.74, 6) is -1.47. The molecule has 0 bridgehead atoms. The van der Waals surface area contributed by atoms with Crippen LogP contribution in [0.3, 0.4) is 0 Å². The minimum absolute atomic E-state index is 0.151. The summed E-state index contributed by atoms with van der Waals surface area (Å²) < 4.78 is 16.5. The van der Waals surface area contributed by atoms with Crippen molar-refractivity contribution in [2.75, 3.05) is 18.5 Å². The van der Waals surface area contributed by atoms with Crippen LogP contribution < -0.4 is 15.5 Å². The van der Waals surface area contributed by atoms with Crippen LogP contribution in [0.15, 0.2) is 63.8 Å². The molecule has 2 N–H and O–H groups in total. The lowest BCUT2D eigenvalue weighted by Crippen LogP contribution is -2.11. The van der Waals surface area contributed by atoms with Crippen molar-refractivity contribution >= 4 is 34.5 Å². The fourth-order valence-corrected chi connectivity index (χ4v) is 3.80. The van der Waals surface area contributed by atoms with Gasteiger partial charge in [0, 0.05) is 41.3 Å². The molecule has 2 aromatic rings. The van der Waals surface area contributed by atoms with E-state index in [-0.39, 0.29) is 35.0 Å². The first-order chi connectivity index (χ1) is 16.8. The van der Waals surface area contributed by atoms with Gasteiger partial charge in [0.25, 0.3) is 0 Å². The van der Waals surface area contributed by atoms with Crippen molar-refractivity contribution in [1.29, 1.82) is 0 Å². The van der Waals surface area contributed by atoms with E-state index in [2.05, 4.69) is 5.32 Å². The zero-order valence-corrected chi connectivity index (χ0v) is 18.9. The van der Waals surface area contributed by atoms with Gasteiger partial charge in [-0.3, -0.25) is 9.59 Å². The Balaban J connectivity index is 2.01. The third-order valence-electron chi connectivity index (χ3n) is 5.13. The number of carbonyl (C=O) groups is 3. The zero-order chi connectivity index (χ0) is 25.1. The van der Waals surface area contributed by atoms with Crippen molar-refractivity contribution in [2.24, 2.45) is 0 Å². The number of amides is 1. The molecule has 1 heterocycles. The summed E-state index contributed by atoms with van der Waals surface area (Å²) in [4.78, 5) is 47.4. The maximum atomic E-state index is 12.9. The second-order valence-electron chi connectivity index (χ2n) is 7.64. The van der Waals surface area contributed by atoms with Crippen molar-refractivity contribution < 1.29 is 33.4 Å². The van der Waals surface area contributed by atoms with Crippen LogP contribution in [-0.2, 0) is 14.3 Å². The third-order valence-corrected chi connectivity index (χ3v) is 5.13. The average molecular weight is 475 g/mol. The van der Waals surface area contributed by atoms with Crippen LogP contribution in [0.4, 0.5) is 5.69 Å². The van der Waals surface area contributed by atoms with Crippen LogP contribution in [0.5, 0.6) is 5.75 Å². The summed E-state index contributed by atoms with van der Waals surface area (Å²) in [6.07, 6.45) is 0. The summed E-state index contributed by atoms with van der Waals surface area (Å²) in [7, 11) is 0. The Morgan fingerprint density at radius 1 is 1.00 bits per heavy atom. The molecule has 2 aliphatic rings. The number of fused-ring (bicyclic) bond motifs is 2. The van der Waals surface area contributed by atoms with E-state index in [0.717, 1.165) is 0 Å². The maximum absolute atomic E-state index is 12.9. The second kappa shape index (κ2) is 9.68. The quantitative estimate of drug-likeness (QED) is 0.301. The molecule has 1 aliphatic heterocycles. The molecular weight excluding hydrogens is 454 g/mol. The molecule has 1 aliphatic carbocycles. The Bertz CT molecular complexity index is 1490. The molecule has 0 saturated carbocycles. The summed E-state index contributed by atoms with van der Waals surface area (Å²) in [6, 6.07) is 14.0. The molecular formula is C26H21NO8. The monoisotopic (exact) mass is 475 g/mol. The summed E-state index contributed by atoms with van der Waals surface area (Å²) in [5, 5.41) is 12.2. The smallest absolute Gasteiger partial charge is 0.341 e. The number of ether oxygens (including phenoxy) is 2. The number of esters is 1. The van der Waals surface area contributed by atoms with Crippen LogP contribution in [0.1, 0.15) is 24.2 Å². The van der Waals surface area contributed by atoms with Gasteiger partial charge in [-0.25, -0.2) is 9.59 Å². The van der Waals surface area contributed by atoms with Crippen LogP contribution in [0, 0.1) is 0 Å². The predicted octanol–water partition coefficient (Wildman–Crippen LogP) is 4.16. The lowest BCUT2D eigenvalue weighted by Gasteiger charge is -2.18. The Morgan fingerprint density at radius 2 is 1.77 bits per heavy atom. The minimum Gasteiger partial charge on any atom is -0.482 e. The van der Waals surface area contributed by atoms with E-state index in [1.807, 2.05) is 0 Å². The van der Waals surface area contributed by atoms with Crippen molar-refractivity contribution in [3.05, 3.63) is 70.4 Å². The highest BCUT2D eigenvalue weighted by molar-refractivity contribution is 6.08. The fourth-order valence-electron chi connectivity index (χ4n) is 3.80. The Morgan fingerprint density at radius 3 is 2.49 bits per heavy atom. The highest BCUT2D eigenvalue weighted by atomic mass is 16.5. The van der Waals surface area contributed by atoms with Gasteiger partial charge < -0.3 is 24.3 Å². The fraction of sp³-hybridized carbons (Fsp3) is 0.154. The van der Waals surface area contributed by atoms with Crippen LogP contribution >= 0.6 is 0 Å². The number of rotatable bonds is 7. The van der Waals surface area contributed by atoms with Crippen LogP contribution in [0.2, 0.25) is 0 Å². The summed E-state index contributed by atoms with van der Waals surface area (Å²) in [6.45, 7) is 2.67. The number of carbonyl (C=O) groups excluding carboxylic acids is 2. The molecule has 0 atom stereocenters. The zero-order valence-electron chi connectivity index (χ0n) is 18.9. The van der Waals surface area contributed by atoms with Crippen molar-refractivity contribution in [1.82, 2.24) is 0 Å². The van der Waals surface area contributed by atoms with Crippen LogP contribution in [-0.4, -0.2) is 36.2 Å². The van der Waals surface area contributed by atoms with E-state index < -0.39 is 18.5 Å². The standard InChI is InChI=1S/C26H21NO8/c1-3-33-26(32)21-10-15(27-14(2)28)4-7-18(21)25-19-8-5-16(29)11-22(19)35-23-12-17(6-9-20(23)25)34-13-24(30)31/h4-12H,3,13H2,1-2H3,(H,27,28)(H,30,31). The van der Waals surface area contributed by atoms with E-state index in [4.69, 9.17) is 19.0 Å². The minimum atomic E-state index is -1.13. The molecule has 9 nitrogen and oxygen atoms in total. The molecule has 178 valence electrons. The molecule has 0 fully saturated rings. The lowest BCUT2D eigenvalue weighted by molar-refractivity contribution is -0.139. The Hall–Kier alpha value is -4.66. The highest BCUT2D eigenvalue weighted by Gasteiger charge is 2.23. The largest absolute Gasteiger partial charge is 0.482 e. The lowest BCUT2D eigenvalue weighted by atomic mass is 9.90. The number of anilines is 1. The first kappa shape index (κ1) is 23.5. The van der Waals surface area contributed by atoms with Crippen molar-refractivity contribution in [3.8, 4) is 28.2 Å². The van der Waals surface area contributed by atoms with Crippen molar-refractivity contribution in [2.45, 2.75) is 13.8 Å². The average Bonchev–Trinajstić information content (AvgIpc) is 2.81. The van der Waals surface area contributed by atoms with Crippen molar-refractivity contribution in [3.63, 3.8) is 0 Å². The first-order valence-electron chi connectivity index (χ1n) is 10.7. The van der Waals surface area contributed by atoms with E-state index in [1.54, 1.807) is 37.3 Å². The first-order valence-corrected chi connectivity index (χ1v) is 10.7. The van der Waals surface area contributed by atoms with Gasteiger partial charge in [-0.1, -0.05) is 6.07 Å². The van der Waals surface area contributed by atoms with Crippen LogP contribution in [0.25, 0.3) is 33.4 Å². The van der Waals surface area contributed by atoms with E-state index in [9.17, 15) is 19.2 Å². The molecule has 1 amide bonds. The number of aliphatic carboxylic acids is 1. The Labute approximate surface area is 199 Å². The van der Waals surface area contributed by atoms with Gasteiger partial charge in [-0.05, 0) is 48.9 Å². The van der Waals surface area contributed by atoms with Gasteiger partial charge in [-0.15, -0.1) is 0 Å². The molecule has 0 radical (unpaired) electrons. The van der Waals surface area contributed by atoms with E-state index in [0.29, 0.717) is 33.3 Å². The van der Waals surface area contributed by atoms with E-state index >= 15 is 0 Å². The number of carboxylic acids is 1. The predicted molar refractivity (Wildman–Crippen MR) is 128 cm³/mol. The summed E-state index contributed by atoms with van der Waals surface area (Å²) in [5.41, 5.74) is 2.37. The van der Waals surface area contributed by atoms with Gasteiger partial charge in [-0.2, -0.15) is 0 Å². The molecule has 0 spiro atoms. The molecule has 0 aromatic heterocycles. The molecule has 2 aromatic carbocycles. The van der Waals surface area contributed by atoms with Gasteiger partial charge in [0.1, 0.15) is 17.1 Å². The van der Waals surface area contributed by atoms with Gasteiger partial charge >= 0.3 is 11.9 Å². The molecule has 0 saturated heterocycles. The second-order valence-corrected chi connectivity index (χ2v) is 7.64. The topological polar surface area (TPSA) is 132 Å². The SMILES string of the molecule is CCOC(=O)c1cc(NC(C)=O)ccc1-c1c2ccc(=O)cc-2oc2cc(OCC(=O)O)ccc12. The van der Waals surface area contributed by atoms with Gasteiger partial charge in [0.2, 0.25) is 5.91 Å².